The van der Waals surface area contributed by atoms with E-state index in [0.29, 0.717) is 11.3 Å². The van der Waals surface area contributed by atoms with Gasteiger partial charge in [-0.05, 0) is 50.9 Å². The summed E-state index contributed by atoms with van der Waals surface area (Å²) in [6.07, 6.45) is 2.37. The van der Waals surface area contributed by atoms with Gasteiger partial charge >= 0.3 is 6.09 Å². The summed E-state index contributed by atoms with van der Waals surface area (Å²) in [7, 11) is 0. The van der Waals surface area contributed by atoms with Crippen LogP contribution in [0.5, 0.6) is 0 Å². The molecule has 0 bridgehead atoms. The summed E-state index contributed by atoms with van der Waals surface area (Å²) in [6.45, 7) is 12.2. The normalized spacial score (nSPS) is 37.1. The third-order valence-corrected chi connectivity index (χ3v) is 4.13. The molecule has 3 nitrogen and oxygen atoms in total. The predicted molar refractivity (Wildman–Crippen MR) is 67.8 cm³/mol. The zero-order valence-electron chi connectivity index (χ0n) is 11.7. The van der Waals surface area contributed by atoms with Crippen LogP contribution in [0.25, 0.3) is 0 Å². The lowest BCUT2D eigenvalue weighted by Gasteiger charge is -2.26. The van der Waals surface area contributed by atoms with Gasteiger partial charge in [-0.15, -0.1) is 0 Å². The number of carbonyl (C=O) groups is 1. The smallest absolute Gasteiger partial charge is 0.410 e. The Morgan fingerprint density at radius 2 is 2.06 bits per heavy atom. The first-order valence-corrected chi connectivity index (χ1v) is 6.67. The average Bonchev–Trinajstić information content (AvgIpc) is 2.51. The molecule has 3 heteroatoms. The molecule has 2 aliphatic rings. The standard InChI is InChI=1S/C14H25NO2/c1-10-6-11-8-15(9-14(11,5)7-10)12(16)17-13(2,3)4/h10-11H,6-9H2,1-5H3. The van der Waals surface area contributed by atoms with Crippen molar-refractivity contribution in [1.82, 2.24) is 4.90 Å². The van der Waals surface area contributed by atoms with E-state index in [-0.39, 0.29) is 11.7 Å². The zero-order chi connectivity index (χ0) is 12.8. The zero-order valence-corrected chi connectivity index (χ0v) is 11.7. The molecule has 2 fully saturated rings. The van der Waals surface area contributed by atoms with E-state index >= 15 is 0 Å². The molecule has 0 aromatic carbocycles. The molecule has 3 unspecified atom stereocenters. The Balaban J connectivity index is 1.98. The molecule has 0 N–H and O–H groups in total. The summed E-state index contributed by atoms with van der Waals surface area (Å²) >= 11 is 0. The van der Waals surface area contributed by atoms with Gasteiger partial charge in [-0.1, -0.05) is 13.8 Å². The molecule has 2 rings (SSSR count). The van der Waals surface area contributed by atoms with Crippen LogP contribution in [0, 0.1) is 17.3 Å². The van der Waals surface area contributed by atoms with E-state index in [1.54, 1.807) is 0 Å². The van der Waals surface area contributed by atoms with Gasteiger partial charge in [0.05, 0.1) is 0 Å². The lowest BCUT2D eigenvalue weighted by Crippen LogP contribution is -2.36. The molecule has 0 spiro atoms. The highest BCUT2D eigenvalue weighted by atomic mass is 16.6. The molecule has 3 atom stereocenters. The molecule has 1 saturated heterocycles. The van der Waals surface area contributed by atoms with Crippen LogP contribution in [0.3, 0.4) is 0 Å². The highest BCUT2D eigenvalue weighted by Gasteiger charge is 2.50. The second-order valence-corrected chi connectivity index (χ2v) is 7.26. The monoisotopic (exact) mass is 239 g/mol. The van der Waals surface area contributed by atoms with Crippen LogP contribution in [0.15, 0.2) is 0 Å². The molecule has 1 amide bonds. The van der Waals surface area contributed by atoms with Crippen LogP contribution in [0.1, 0.15) is 47.5 Å². The van der Waals surface area contributed by atoms with E-state index < -0.39 is 0 Å². The van der Waals surface area contributed by atoms with Crippen LogP contribution >= 0.6 is 0 Å². The van der Waals surface area contributed by atoms with Gasteiger partial charge in [0.2, 0.25) is 0 Å². The van der Waals surface area contributed by atoms with Crippen molar-refractivity contribution in [3.8, 4) is 0 Å². The van der Waals surface area contributed by atoms with Gasteiger partial charge in [0.1, 0.15) is 5.60 Å². The van der Waals surface area contributed by atoms with E-state index in [4.69, 9.17) is 4.74 Å². The molecule has 0 aromatic heterocycles. The molecule has 1 heterocycles. The van der Waals surface area contributed by atoms with Crippen molar-refractivity contribution < 1.29 is 9.53 Å². The lowest BCUT2D eigenvalue weighted by molar-refractivity contribution is 0.0267. The molecule has 1 aliphatic heterocycles. The number of hydrogen-bond acceptors (Lipinski definition) is 2. The number of fused-ring (bicyclic) bond motifs is 1. The second kappa shape index (κ2) is 3.89. The van der Waals surface area contributed by atoms with Gasteiger partial charge in [-0.25, -0.2) is 4.79 Å². The maximum Gasteiger partial charge on any atom is 0.410 e. The summed E-state index contributed by atoms with van der Waals surface area (Å²) < 4.78 is 5.45. The first-order valence-electron chi connectivity index (χ1n) is 6.67. The van der Waals surface area contributed by atoms with Crippen molar-refractivity contribution >= 4 is 6.09 Å². The van der Waals surface area contributed by atoms with E-state index in [0.717, 1.165) is 19.0 Å². The molecule has 0 aromatic rings. The van der Waals surface area contributed by atoms with Gasteiger partial charge < -0.3 is 9.64 Å². The van der Waals surface area contributed by atoms with Crippen LogP contribution in [0.2, 0.25) is 0 Å². The quantitative estimate of drug-likeness (QED) is 0.649. The molecule has 0 radical (unpaired) electrons. The van der Waals surface area contributed by atoms with Gasteiger partial charge in [0.25, 0.3) is 0 Å². The van der Waals surface area contributed by atoms with E-state index in [1.807, 2.05) is 25.7 Å². The Labute approximate surface area is 105 Å². The summed E-state index contributed by atoms with van der Waals surface area (Å²) in [5.74, 6) is 1.48. The first kappa shape index (κ1) is 12.7. The lowest BCUT2D eigenvalue weighted by atomic mass is 9.83. The summed E-state index contributed by atoms with van der Waals surface area (Å²) in [4.78, 5) is 13.9. The van der Waals surface area contributed by atoms with Crippen molar-refractivity contribution in [1.29, 1.82) is 0 Å². The Morgan fingerprint density at radius 3 is 2.59 bits per heavy atom. The Kier molecular flexibility index (Phi) is 2.91. The van der Waals surface area contributed by atoms with Gasteiger partial charge in [-0.3, -0.25) is 0 Å². The number of nitrogens with zero attached hydrogens (tertiary/aromatic N) is 1. The third-order valence-electron chi connectivity index (χ3n) is 4.13. The van der Waals surface area contributed by atoms with Crippen molar-refractivity contribution in [2.24, 2.45) is 17.3 Å². The van der Waals surface area contributed by atoms with Crippen LogP contribution in [-0.2, 0) is 4.74 Å². The fourth-order valence-corrected chi connectivity index (χ4v) is 3.54. The predicted octanol–water partition coefficient (Wildman–Crippen LogP) is 3.29. The number of carbonyl (C=O) groups excluding carboxylic acids is 1. The number of hydrogen-bond donors (Lipinski definition) is 0. The van der Waals surface area contributed by atoms with E-state index in [1.165, 1.54) is 12.8 Å². The molecular formula is C14H25NO2. The van der Waals surface area contributed by atoms with Gasteiger partial charge in [-0.2, -0.15) is 0 Å². The molecule has 98 valence electrons. The molecule has 1 aliphatic carbocycles. The number of likely N-dealkylation sites (tertiary alicyclic amines) is 1. The average molecular weight is 239 g/mol. The Morgan fingerprint density at radius 1 is 1.41 bits per heavy atom. The number of amides is 1. The molecule has 1 saturated carbocycles. The fraction of sp³-hybridized carbons (Fsp3) is 0.929. The summed E-state index contributed by atoms with van der Waals surface area (Å²) in [5.41, 5.74) is -0.0562. The Bertz CT molecular complexity index is 321. The van der Waals surface area contributed by atoms with Crippen LogP contribution in [-0.4, -0.2) is 29.7 Å². The van der Waals surface area contributed by atoms with E-state index in [2.05, 4.69) is 13.8 Å². The van der Waals surface area contributed by atoms with Crippen LogP contribution < -0.4 is 0 Å². The van der Waals surface area contributed by atoms with Crippen molar-refractivity contribution in [2.75, 3.05) is 13.1 Å². The van der Waals surface area contributed by atoms with Crippen molar-refractivity contribution in [3.63, 3.8) is 0 Å². The minimum Gasteiger partial charge on any atom is -0.444 e. The highest BCUT2D eigenvalue weighted by molar-refractivity contribution is 5.68. The minimum atomic E-state index is -0.386. The van der Waals surface area contributed by atoms with Crippen molar-refractivity contribution in [2.45, 2.75) is 53.1 Å². The first-order chi connectivity index (χ1) is 7.70. The van der Waals surface area contributed by atoms with E-state index in [9.17, 15) is 4.79 Å². The fourth-order valence-electron chi connectivity index (χ4n) is 3.54. The third kappa shape index (κ3) is 2.58. The topological polar surface area (TPSA) is 29.5 Å². The summed E-state index contributed by atoms with van der Waals surface area (Å²) in [5, 5.41) is 0. The molecular weight excluding hydrogens is 214 g/mol. The van der Waals surface area contributed by atoms with Gasteiger partial charge in [0.15, 0.2) is 0 Å². The highest BCUT2D eigenvalue weighted by Crippen LogP contribution is 2.50. The Hall–Kier alpha value is -0.730. The maximum absolute atomic E-state index is 12.0. The number of ether oxygens (including phenoxy) is 1. The van der Waals surface area contributed by atoms with Crippen LogP contribution in [0.4, 0.5) is 4.79 Å². The SMILES string of the molecule is CC1CC2CN(C(=O)OC(C)(C)C)CC2(C)C1. The molecule has 17 heavy (non-hydrogen) atoms. The minimum absolute atomic E-state index is 0.138. The maximum atomic E-state index is 12.0. The second-order valence-electron chi connectivity index (χ2n) is 7.26. The van der Waals surface area contributed by atoms with Crippen molar-refractivity contribution in [3.05, 3.63) is 0 Å². The summed E-state index contributed by atoms with van der Waals surface area (Å²) in [6, 6.07) is 0. The number of rotatable bonds is 0. The van der Waals surface area contributed by atoms with Gasteiger partial charge in [0, 0.05) is 13.1 Å². The largest absolute Gasteiger partial charge is 0.444 e.